The second-order valence-electron chi connectivity index (χ2n) is 5.71. The molecule has 1 aliphatic carbocycles. The minimum Gasteiger partial charge on any atom is -0.299 e. The third-order valence-electron chi connectivity index (χ3n) is 4.55. The highest BCUT2D eigenvalue weighted by molar-refractivity contribution is 5.81. The van der Waals surface area contributed by atoms with Crippen LogP contribution in [0.4, 0.5) is 0 Å². The van der Waals surface area contributed by atoms with Gasteiger partial charge in [0.05, 0.1) is 0 Å². The summed E-state index contributed by atoms with van der Waals surface area (Å²) in [5.74, 6) is 1.68. The van der Waals surface area contributed by atoms with Crippen molar-refractivity contribution in [1.29, 1.82) is 0 Å². The Bertz CT molecular complexity index is 251. The summed E-state index contributed by atoms with van der Waals surface area (Å²) in [5.41, 5.74) is 0. The van der Waals surface area contributed by atoms with E-state index >= 15 is 0 Å². The van der Waals surface area contributed by atoms with Gasteiger partial charge in [-0.25, -0.2) is 0 Å². The summed E-state index contributed by atoms with van der Waals surface area (Å²) in [4.78, 5) is 14.1. The van der Waals surface area contributed by atoms with Gasteiger partial charge in [0.15, 0.2) is 0 Å². The number of carbonyl (C=O) groups is 1. The van der Waals surface area contributed by atoms with Crippen LogP contribution in [0, 0.1) is 11.8 Å². The molecule has 0 radical (unpaired) electrons. The molecule has 0 aromatic carbocycles. The van der Waals surface area contributed by atoms with Crippen LogP contribution in [-0.2, 0) is 4.79 Å². The second-order valence-corrected chi connectivity index (χ2v) is 5.71. The van der Waals surface area contributed by atoms with Gasteiger partial charge in [-0.3, -0.25) is 9.69 Å². The largest absolute Gasteiger partial charge is 0.299 e. The molecule has 0 amide bonds. The zero-order valence-corrected chi connectivity index (χ0v) is 10.7. The molecule has 0 bridgehead atoms. The highest BCUT2D eigenvalue weighted by Gasteiger charge is 2.31. The van der Waals surface area contributed by atoms with E-state index in [0.717, 1.165) is 31.5 Å². The first-order chi connectivity index (χ1) is 7.70. The lowest BCUT2D eigenvalue weighted by Crippen LogP contribution is -2.47. The smallest absolute Gasteiger partial charge is 0.138 e. The number of likely N-dealkylation sites (tertiary alicyclic amines) is 1. The fraction of sp³-hybridized carbons (Fsp3) is 0.929. The summed E-state index contributed by atoms with van der Waals surface area (Å²) in [5, 5.41) is 0. The minimum absolute atomic E-state index is 0.274. The van der Waals surface area contributed by atoms with Crippen LogP contribution in [0.25, 0.3) is 0 Å². The Hall–Kier alpha value is -0.370. The van der Waals surface area contributed by atoms with Crippen LogP contribution in [0.2, 0.25) is 0 Å². The average Bonchev–Trinajstić information content (AvgIpc) is 2.33. The molecule has 2 rings (SSSR count). The average molecular weight is 223 g/mol. The molecule has 3 atom stereocenters. The highest BCUT2D eigenvalue weighted by atomic mass is 16.1. The van der Waals surface area contributed by atoms with E-state index in [9.17, 15) is 4.79 Å². The molecule has 2 heteroatoms. The molecule has 3 unspecified atom stereocenters. The molecule has 2 fully saturated rings. The maximum Gasteiger partial charge on any atom is 0.138 e. The van der Waals surface area contributed by atoms with Crippen molar-refractivity contribution in [2.75, 3.05) is 13.1 Å². The van der Waals surface area contributed by atoms with Crippen molar-refractivity contribution in [1.82, 2.24) is 4.90 Å². The maximum absolute atomic E-state index is 11.5. The van der Waals surface area contributed by atoms with E-state index in [-0.39, 0.29) is 5.92 Å². The summed E-state index contributed by atoms with van der Waals surface area (Å²) < 4.78 is 0. The van der Waals surface area contributed by atoms with Gasteiger partial charge in [0, 0.05) is 31.5 Å². The predicted octanol–water partition coefficient (Wildman–Crippen LogP) is 2.87. The van der Waals surface area contributed by atoms with Crippen LogP contribution in [0.5, 0.6) is 0 Å². The third-order valence-corrected chi connectivity index (χ3v) is 4.55. The number of rotatable bonds is 2. The third kappa shape index (κ3) is 2.65. The summed E-state index contributed by atoms with van der Waals surface area (Å²) in [6, 6.07) is 0.772. The van der Waals surface area contributed by atoms with Gasteiger partial charge in [-0.05, 0) is 18.8 Å². The molecule has 16 heavy (non-hydrogen) atoms. The maximum atomic E-state index is 11.5. The van der Waals surface area contributed by atoms with Gasteiger partial charge in [-0.15, -0.1) is 0 Å². The molecule has 2 nitrogen and oxygen atoms in total. The molecule has 1 aliphatic heterocycles. The fourth-order valence-electron chi connectivity index (χ4n) is 3.34. The monoisotopic (exact) mass is 223 g/mol. The molecule has 2 aliphatic rings. The zero-order chi connectivity index (χ0) is 11.5. The number of ketones is 1. The van der Waals surface area contributed by atoms with E-state index in [1.165, 1.54) is 32.1 Å². The normalized spacial score (nSPS) is 37.6. The van der Waals surface area contributed by atoms with Crippen molar-refractivity contribution < 1.29 is 4.79 Å². The minimum atomic E-state index is 0.274. The molecule has 1 heterocycles. The molecular weight excluding hydrogens is 198 g/mol. The molecule has 1 saturated heterocycles. The summed E-state index contributed by atoms with van der Waals surface area (Å²) in [6.45, 7) is 6.44. The van der Waals surface area contributed by atoms with Crippen LogP contribution in [0.3, 0.4) is 0 Å². The molecule has 92 valence electrons. The van der Waals surface area contributed by atoms with E-state index in [1.54, 1.807) is 0 Å². The van der Waals surface area contributed by atoms with Gasteiger partial charge >= 0.3 is 0 Å². The second kappa shape index (κ2) is 5.31. The van der Waals surface area contributed by atoms with Gasteiger partial charge < -0.3 is 0 Å². The number of carbonyl (C=O) groups excluding carboxylic acids is 1. The van der Waals surface area contributed by atoms with E-state index < -0.39 is 0 Å². The summed E-state index contributed by atoms with van der Waals surface area (Å²) >= 11 is 0. The van der Waals surface area contributed by atoms with Crippen LogP contribution in [0.1, 0.15) is 52.4 Å². The van der Waals surface area contributed by atoms with Gasteiger partial charge in [-0.2, -0.15) is 0 Å². The lowest BCUT2D eigenvalue weighted by molar-refractivity contribution is -0.126. The van der Waals surface area contributed by atoms with Crippen molar-refractivity contribution in [2.45, 2.75) is 58.4 Å². The Balaban J connectivity index is 1.89. The standard InChI is InChI=1S/C14H25NO/c1-3-12-5-4-6-13(9-12)15-8-7-14(16)11(2)10-15/h11-13H,3-10H2,1-2H3. The lowest BCUT2D eigenvalue weighted by atomic mass is 9.82. The number of hydrogen-bond acceptors (Lipinski definition) is 2. The first-order valence-corrected chi connectivity index (χ1v) is 6.97. The molecule has 0 aromatic heterocycles. The Morgan fingerprint density at radius 3 is 2.88 bits per heavy atom. The predicted molar refractivity (Wildman–Crippen MR) is 66.4 cm³/mol. The quantitative estimate of drug-likeness (QED) is 0.717. The van der Waals surface area contributed by atoms with E-state index in [1.807, 2.05) is 0 Å². The van der Waals surface area contributed by atoms with Crippen molar-refractivity contribution in [3.05, 3.63) is 0 Å². The number of Topliss-reactive ketones (excluding diaryl/α,β-unsaturated/α-hetero) is 1. The van der Waals surface area contributed by atoms with Crippen molar-refractivity contribution in [3.63, 3.8) is 0 Å². The first kappa shape index (κ1) is 12.1. The molecular formula is C14H25NO. The van der Waals surface area contributed by atoms with Gasteiger partial charge in [0.2, 0.25) is 0 Å². The number of piperidine rings is 1. The number of hydrogen-bond donors (Lipinski definition) is 0. The van der Waals surface area contributed by atoms with Gasteiger partial charge in [0.25, 0.3) is 0 Å². The van der Waals surface area contributed by atoms with Crippen molar-refractivity contribution in [3.8, 4) is 0 Å². The van der Waals surface area contributed by atoms with Crippen LogP contribution >= 0.6 is 0 Å². The molecule has 0 spiro atoms. The molecule has 1 saturated carbocycles. The van der Waals surface area contributed by atoms with Crippen molar-refractivity contribution in [2.24, 2.45) is 11.8 Å². The Kier molecular flexibility index (Phi) is 4.01. The van der Waals surface area contributed by atoms with Crippen molar-refractivity contribution >= 4 is 5.78 Å². The Morgan fingerprint density at radius 2 is 2.19 bits per heavy atom. The Morgan fingerprint density at radius 1 is 1.38 bits per heavy atom. The van der Waals surface area contributed by atoms with E-state index in [2.05, 4.69) is 18.7 Å². The number of nitrogens with zero attached hydrogens (tertiary/aromatic N) is 1. The van der Waals surface area contributed by atoms with Gasteiger partial charge in [-0.1, -0.05) is 33.1 Å². The van der Waals surface area contributed by atoms with Crippen LogP contribution in [0.15, 0.2) is 0 Å². The van der Waals surface area contributed by atoms with E-state index in [0.29, 0.717) is 5.78 Å². The Labute approximate surface area is 99.4 Å². The first-order valence-electron chi connectivity index (χ1n) is 6.97. The molecule has 0 N–H and O–H groups in total. The SMILES string of the molecule is CCC1CCCC(N2CCC(=O)C(C)C2)C1. The van der Waals surface area contributed by atoms with Crippen LogP contribution in [-0.4, -0.2) is 29.8 Å². The van der Waals surface area contributed by atoms with E-state index in [4.69, 9.17) is 0 Å². The molecule has 0 aromatic rings. The summed E-state index contributed by atoms with van der Waals surface area (Å²) in [7, 11) is 0. The topological polar surface area (TPSA) is 20.3 Å². The highest BCUT2D eigenvalue weighted by Crippen LogP contribution is 2.31. The summed E-state index contributed by atoms with van der Waals surface area (Å²) in [6.07, 6.45) is 7.67. The zero-order valence-electron chi connectivity index (χ0n) is 10.7. The van der Waals surface area contributed by atoms with Gasteiger partial charge in [0.1, 0.15) is 5.78 Å². The fourth-order valence-corrected chi connectivity index (χ4v) is 3.34. The van der Waals surface area contributed by atoms with Crippen LogP contribution < -0.4 is 0 Å². The lowest BCUT2D eigenvalue weighted by Gasteiger charge is -2.40.